The molecule has 1 aromatic rings. The predicted octanol–water partition coefficient (Wildman–Crippen LogP) is 2.07. The first-order valence-corrected chi connectivity index (χ1v) is 8.59. The molecular weight excluding hydrogens is 292 g/mol. The minimum atomic E-state index is -0.338. The number of aromatic nitrogens is 2. The average molecular weight is 320 g/mol. The smallest absolute Gasteiger partial charge is 0.258 e. The molecule has 0 spiro atoms. The Morgan fingerprint density at radius 2 is 2.04 bits per heavy atom. The number of likely N-dealkylation sites (N-methyl/N-ethyl adjacent to an activating group) is 1. The lowest BCUT2D eigenvalue weighted by molar-refractivity contribution is -0.138. The Kier molecular flexibility index (Phi) is 5.80. The molecule has 0 radical (unpaired) electrons. The van der Waals surface area contributed by atoms with E-state index >= 15 is 0 Å². The Labute approximate surface area is 138 Å². The zero-order valence-electron chi connectivity index (χ0n) is 14.7. The number of unbranched alkanes of at least 4 members (excludes halogenated alkanes) is 1. The number of hydrogen-bond acceptors (Lipinski definition) is 3. The molecule has 1 saturated heterocycles. The minimum Gasteiger partial charge on any atom is -0.342 e. The summed E-state index contributed by atoms with van der Waals surface area (Å²) in [6.07, 6.45) is 5.31. The molecule has 2 rings (SSSR count). The van der Waals surface area contributed by atoms with Crippen molar-refractivity contribution in [3.05, 3.63) is 17.5 Å². The fourth-order valence-corrected chi connectivity index (χ4v) is 3.08. The molecule has 0 aliphatic carbocycles. The highest BCUT2D eigenvalue weighted by atomic mass is 16.2. The molecular formula is C17H28N4O2. The molecule has 128 valence electrons. The van der Waals surface area contributed by atoms with Crippen LogP contribution in [0.4, 0.5) is 0 Å². The lowest BCUT2D eigenvalue weighted by atomic mass is 10.0. The van der Waals surface area contributed by atoms with Crippen LogP contribution in [0.2, 0.25) is 0 Å². The van der Waals surface area contributed by atoms with Crippen LogP contribution in [0.25, 0.3) is 0 Å². The summed E-state index contributed by atoms with van der Waals surface area (Å²) in [5.74, 6) is -0.0101. The third-order valence-electron chi connectivity index (χ3n) is 4.57. The average Bonchev–Trinajstić information content (AvgIpc) is 2.89. The van der Waals surface area contributed by atoms with Gasteiger partial charge in [-0.2, -0.15) is 5.10 Å². The molecule has 2 amide bonds. The molecule has 6 heteroatoms. The fourth-order valence-electron chi connectivity index (χ4n) is 3.08. The second-order valence-corrected chi connectivity index (χ2v) is 6.28. The molecule has 0 aromatic carbocycles. The SMILES string of the molecule is CCCC[C@H]1C(=O)N(C)CCN1C(=O)c1cnn(CCC)c1C. The third-order valence-corrected chi connectivity index (χ3v) is 4.57. The van der Waals surface area contributed by atoms with Gasteiger partial charge in [-0.3, -0.25) is 14.3 Å². The number of rotatable bonds is 6. The van der Waals surface area contributed by atoms with Crippen LogP contribution in [-0.4, -0.2) is 57.6 Å². The van der Waals surface area contributed by atoms with Crippen LogP contribution in [0.5, 0.6) is 0 Å². The minimum absolute atomic E-state index is 0.0525. The number of hydrogen-bond donors (Lipinski definition) is 0. The van der Waals surface area contributed by atoms with Crippen molar-refractivity contribution in [2.45, 2.75) is 59.0 Å². The number of carbonyl (C=O) groups is 2. The molecule has 0 unspecified atom stereocenters. The van der Waals surface area contributed by atoms with E-state index in [4.69, 9.17) is 0 Å². The van der Waals surface area contributed by atoms with E-state index in [1.165, 1.54) is 0 Å². The first kappa shape index (κ1) is 17.5. The summed E-state index contributed by atoms with van der Waals surface area (Å²) in [5.41, 5.74) is 1.51. The van der Waals surface area contributed by atoms with Crippen LogP contribution in [0.1, 0.15) is 55.6 Å². The maximum Gasteiger partial charge on any atom is 0.258 e. The summed E-state index contributed by atoms with van der Waals surface area (Å²) in [5, 5.41) is 4.32. The molecule has 1 atom stereocenters. The molecule has 0 bridgehead atoms. The second-order valence-electron chi connectivity index (χ2n) is 6.28. The van der Waals surface area contributed by atoms with Gasteiger partial charge >= 0.3 is 0 Å². The molecule has 1 aliphatic heterocycles. The highest BCUT2D eigenvalue weighted by Crippen LogP contribution is 2.20. The number of carbonyl (C=O) groups excluding carboxylic acids is 2. The fraction of sp³-hybridized carbons (Fsp3) is 0.706. The van der Waals surface area contributed by atoms with Crippen molar-refractivity contribution in [3.63, 3.8) is 0 Å². The van der Waals surface area contributed by atoms with E-state index in [0.717, 1.165) is 37.9 Å². The van der Waals surface area contributed by atoms with Gasteiger partial charge < -0.3 is 9.80 Å². The summed E-state index contributed by atoms with van der Waals surface area (Å²) < 4.78 is 1.87. The number of amides is 2. The zero-order chi connectivity index (χ0) is 17.0. The van der Waals surface area contributed by atoms with Crippen molar-refractivity contribution in [1.82, 2.24) is 19.6 Å². The zero-order valence-corrected chi connectivity index (χ0v) is 14.7. The van der Waals surface area contributed by atoms with Crippen LogP contribution >= 0.6 is 0 Å². The quantitative estimate of drug-likeness (QED) is 0.806. The van der Waals surface area contributed by atoms with E-state index in [9.17, 15) is 9.59 Å². The van der Waals surface area contributed by atoms with Crippen molar-refractivity contribution in [2.75, 3.05) is 20.1 Å². The Morgan fingerprint density at radius 3 is 2.70 bits per heavy atom. The van der Waals surface area contributed by atoms with E-state index in [2.05, 4.69) is 18.9 Å². The standard InChI is InChI=1S/C17H28N4O2/c1-5-7-8-15-17(23)19(4)10-11-20(15)16(22)14-12-18-21(9-6-2)13(14)3/h12,15H,5-11H2,1-4H3/t15-/m0/s1. The van der Waals surface area contributed by atoms with E-state index < -0.39 is 0 Å². The lowest BCUT2D eigenvalue weighted by Gasteiger charge is -2.39. The Hall–Kier alpha value is -1.85. The first-order chi connectivity index (χ1) is 11.0. The van der Waals surface area contributed by atoms with Gasteiger partial charge in [0.15, 0.2) is 0 Å². The number of piperazine rings is 1. The molecule has 1 aliphatic rings. The van der Waals surface area contributed by atoms with Crippen LogP contribution in [0.15, 0.2) is 6.20 Å². The van der Waals surface area contributed by atoms with Crippen LogP contribution in [0, 0.1) is 6.92 Å². The van der Waals surface area contributed by atoms with Gasteiger partial charge in [0.1, 0.15) is 6.04 Å². The van der Waals surface area contributed by atoms with Gasteiger partial charge in [0, 0.05) is 32.4 Å². The van der Waals surface area contributed by atoms with Crippen molar-refractivity contribution < 1.29 is 9.59 Å². The van der Waals surface area contributed by atoms with Crippen molar-refractivity contribution in [3.8, 4) is 0 Å². The van der Waals surface area contributed by atoms with Gasteiger partial charge in [0.2, 0.25) is 5.91 Å². The van der Waals surface area contributed by atoms with Gasteiger partial charge in [-0.1, -0.05) is 26.7 Å². The molecule has 0 N–H and O–H groups in total. The molecule has 6 nitrogen and oxygen atoms in total. The lowest BCUT2D eigenvalue weighted by Crippen LogP contribution is -2.57. The van der Waals surface area contributed by atoms with Gasteiger partial charge in [0.25, 0.3) is 5.91 Å². The van der Waals surface area contributed by atoms with Crippen LogP contribution in [-0.2, 0) is 11.3 Å². The maximum atomic E-state index is 13.0. The Balaban J connectivity index is 2.23. The number of nitrogens with zero attached hydrogens (tertiary/aromatic N) is 4. The van der Waals surface area contributed by atoms with Crippen molar-refractivity contribution >= 4 is 11.8 Å². The highest BCUT2D eigenvalue weighted by molar-refractivity contribution is 5.98. The van der Waals surface area contributed by atoms with Gasteiger partial charge in [-0.05, 0) is 19.8 Å². The number of aryl methyl sites for hydroxylation is 1. The molecule has 2 heterocycles. The molecule has 23 heavy (non-hydrogen) atoms. The van der Waals surface area contributed by atoms with E-state index in [1.54, 1.807) is 16.0 Å². The normalized spacial score (nSPS) is 18.6. The summed E-state index contributed by atoms with van der Waals surface area (Å²) in [4.78, 5) is 28.9. The third kappa shape index (κ3) is 3.57. The Morgan fingerprint density at radius 1 is 1.30 bits per heavy atom. The van der Waals surface area contributed by atoms with Crippen molar-refractivity contribution in [2.24, 2.45) is 0 Å². The topological polar surface area (TPSA) is 58.4 Å². The second kappa shape index (κ2) is 7.62. The molecule has 1 fully saturated rings. The molecule has 1 aromatic heterocycles. The first-order valence-electron chi connectivity index (χ1n) is 8.59. The summed E-state index contributed by atoms with van der Waals surface area (Å²) in [7, 11) is 1.81. The van der Waals surface area contributed by atoms with Gasteiger partial charge in [-0.25, -0.2) is 0 Å². The maximum absolute atomic E-state index is 13.0. The van der Waals surface area contributed by atoms with Crippen LogP contribution < -0.4 is 0 Å². The highest BCUT2D eigenvalue weighted by Gasteiger charge is 2.36. The molecule has 0 saturated carbocycles. The summed E-state index contributed by atoms with van der Waals surface area (Å²) in [6, 6.07) is -0.338. The monoisotopic (exact) mass is 320 g/mol. The Bertz CT molecular complexity index is 567. The summed E-state index contributed by atoms with van der Waals surface area (Å²) >= 11 is 0. The van der Waals surface area contributed by atoms with Crippen molar-refractivity contribution in [1.29, 1.82) is 0 Å². The van der Waals surface area contributed by atoms with Crippen LogP contribution in [0.3, 0.4) is 0 Å². The van der Waals surface area contributed by atoms with E-state index in [0.29, 0.717) is 18.7 Å². The van der Waals surface area contributed by atoms with E-state index in [1.807, 2.05) is 18.7 Å². The largest absolute Gasteiger partial charge is 0.342 e. The summed E-state index contributed by atoms with van der Waals surface area (Å²) in [6.45, 7) is 8.10. The van der Waals surface area contributed by atoms with Gasteiger partial charge in [0.05, 0.1) is 11.8 Å². The predicted molar refractivity (Wildman–Crippen MR) is 89.2 cm³/mol. The van der Waals surface area contributed by atoms with E-state index in [-0.39, 0.29) is 17.9 Å². The van der Waals surface area contributed by atoms with Gasteiger partial charge in [-0.15, -0.1) is 0 Å².